The first-order valence-electron chi connectivity index (χ1n) is 5.42. The number of hydrogen-bond donors (Lipinski definition) is 0. The Bertz CT molecular complexity index is 201. The lowest BCUT2D eigenvalue weighted by molar-refractivity contribution is -0.135. The normalized spacial score (nSPS) is 18.4. The summed E-state index contributed by atoms with van der Waals surface area (Å²) < 4.78 is 0. The highest BCUT2D eigenvalue weighted by atomic mass is 35.5. The molecule has 0 aromatic carbocycles. The molecule has 1 fully saturated rings. The van der Waals surface area contributed by atoms with E-state index >= 15 is 0 Å². The molecule has 0 heterocycles. The molecule has 1 atom stereocenters. The quantitative estimate of drug-likeness (QED) is 0.648. The van der Waals surface area contributed by atoms with Crippen LogP contribution in [0.25, 0.3) is 0 Å². The Kier molecular flexibility index (Phi) is 4.24. The zero-order chi connectivity index (χ0) is 10.7. The molecule has 14 heavy (non-hydrogen) atoms. The van der Waals surface area contributed by atoms with Gasteiger partial charge in [-0.25, -0.2) is 0 Å². The van der Waals surface area contributed by atoms with Crippen LogP contribution in [0.4, 0.5) is 0 Å². The number of carbonyl (C=O) groups excluding carboxylic acids is 1. The van der Waals surface area contributed by atoms with Crippen molar-refractivity contribution in [3.63, 3.8) is 0 Å². The van der Waals surface area contributed by atoms with Crippen LogP contribution in [0, 0.1) is 11.8 Å². The Morgan fingerprint density at radius 3 is 2.36 bits per heavy atom. The number of amides is 1. The lowest BCUT2D eigenvalue weighted by Crippen LogP contribution is -2.39. The van der Waals surface area contributed by atoms with E-state index in [0.717, 1.165) is 6.54 Å². The molecule has 0 radical (unpaired) electrons. The number of alkyl halides is 1. The van der Waals surface area contributed by atoms with Crippen LogP contribution < -0.4 is 0 Å². The van der Waals surface area contributed by atoms with Gasteiger partial charge in [-0.1, -0.05) is 20.8 Å². The van der Waals surface area contributed by atoms with E-state index < -0.39 is 0 Å². The van der Waals surface area contributed by atoms with Crippen molar-refractivity contribution >= 4 is 17.5 Å². The average Bonchev–Trinajstić information content (AvgIpc) is 2.94. The highest BCUT2D eigenvalue weighted by Gasteiger charge is 2.34. The van der Waals surface area contributed by atoms with Gasteiger partial charge >= 0.3 is 0 Å². The molecule has 1 unspecified atom stereocenters. The third kappa shape index (κ3) is 3.16. The second kappa shape index (κ2) is 5.01. The third-order valence-electron chi connectivity index (χ3n) is 2.49. The van der Waals surface area contributed by atoms with Gasteiger partial charge < -0.3 is 4.90 Å². The van der Waals surface area contributed by atoms with E-state index in [9.17, 15) is 4.79 Å². The molecule has 1 aliphatic carbocycles. The summed E-state index contributed by atoms with van der Waals surface area (Å²) in [5.41, 5.74) is 0. The van der Waals surface area contributed by atoms with Crippen LogP contribution in [-0.2, 0) is 4.79 Å². The molecule has 1 amide bonds. The van der Waals surface area contributed by atoms with Crippen molar-refractivity contribution in [1.82, 2.24) is 4.90 Å². The van der Waals surface area contributed by atoms with Crippen LogP contribution in [0.3, 0.4) is 0 Å². The van der Waals surface area contributed by atoms with Gasteiger partial charge in [-0.2, -0.15) is 0 Å². The monoisotopic (exact) mass is 217 g/mol. The van der Waals surface area contributed by atoms with E-state index in [1.54, 1.807) is 0 Å². The lowest BCUT2D eigenvalue weighted by Gasteiger charge is -2.26. The number of nitrogens with zero attached hydrogens (tertiary/aromatic N) is 1. The second-order valence-corrected chi connectivity index (χ2v) is 4.98. The van der Waals surface area contributed by atoms with Gasteiger partial charge in [-0.3, -0.25) is 4.79 Å². The van der Waals surface area contributed by atoms with E-state index in [4.69, 9.17) is 11.6 Å². The summed E-state index contributed by atoms with van der Waals surface area (Å²) >= 11 is 5.71. The number of carbonyl (C=O) groups is 1. The molecule has 0 saturated heterocycles. The zero-order valence-corrected chi connectivity index (χ0v) is 10.0. The van der Waals surface area contributed by atoms with Crippen molar-refractivity contribution in [2.75, 3.05) is 12.4 Å². The van der Waals surface area contributed by atoms with Crippen molar-refractivity contribution < 1.29 is 4.79 Å². The smallest absolute Gasteiger partial charge is 0.226 e. The summed E-state index contributed by atoms with van der Waals surface area (Å²) in [5.74, 6) is 1.18. The number of rotatable bonds is 5. The molecule has 82 valence electrons. The molecule has 0 N–H and O–H groups in total. The molecule has 0 aromatic rings. The van der Waals surface area contributed by atoms with Crippen LogP contribution in [0.2, 0.25) is 0 Å². The molecular weight excluding hydrogens is 198 g/mol. The molecule has 0 bridgehead atoms. The molecule has 0 aromatic heterocycles. The summed E-state index contributed by atoms with van der Waals surface area (Å²) in [6, 6.07) is 0.510. The first-order valence-corrected chi connectivity index (χ1v) is 5.96. The van der Waals surface area contributed by atoms with Gasteiger partial charge in [0.1, 0.15) is 0 Å². The van der Waals surface area contributed by atoms with Crippen LogP contribution in [0.5, 0.6) is 0 Å². The van der Waals surface area contributed by atoms with E-state index in [2.05, 4.69) is 13.8 Å². The minimum atomic E-state index is -0.0315. The van der Waals surface area contributed by atoms with E-state index in [1.807, 2.05) is 11.8 Å². The Morgan fingerprint density at radius 2 is 2.00 bits per heavy atom. The maximum Gasteiger partial charge on any atom is 0.226 e. The van der Waals surface area contributed by atoms with Crippen molar-refractivity contribution in [2.45, 2.75) is 39.7 Å². The molecule has 1 aliphatic rings. The van der Waals surface area contributed by atoms with E-state index in [-0.39, 0.29) is 11.8 Å². The fourth-order valence-electron chi connectivity index (χ4n) is 1.55. The van der Waals surface area contributed by atoms with Gasteiger partial charge in [-0.05, 0) is 18.8 Å². The first-order chi connectivity index (χ1) is 6.56. The topological polar surface area (TPSA) is 20.3 Å². The average molecular weight is 218 g/mol. The molecule has 1 rings (SSSR count). The van der Waals surface area contributed by atoms with Gasteiger partial charge in [0.25, 0.3) is 0 Å². The van der Waals surface area contributed by atoms with E-state index in [1.165, 1.54) is 12.8 Å². The predicted octanol–water partition coefficient (Wildman–Crippen LogP) is 2.51. The maximum atomic E-state index is 11.9. The SMILES string of the molecule is CC(C)CN(C(=O)C(C)CCl)C1CC1. The zero-order valence-electron chi connectivity index (χ0n) is 9.29. The summed E-state index contributed by atoms with van der Waals surface area (Å²) in [6.45, 7) is 7.08. The van der Waals surface area contributed by atoms with Gasteiger partial charge in [0.15, 0.2) is 0 Å². The van der Waals surface area contributed by atoms with Crippen molar-refractivity contribution in [1.29, 1.82) is 0 Å². The van der Waals surface area contributed by atoms with E-state index in [0.29, 0.717) is 17.8 Å². The Labute approximate surface area is 91.6 Å². The summed E-state index contributed by atoms with van der Waals surface area (Å²) in [6.07, 6.45) is 2.35. The predicted molar refractivity (Wildman–Crippen MR) is 59.5 cm³/mol. The first kappa shape index (κ1) is 11.8. The Hall–Kier alpha value is -0.240. The fourth-order valence-corrected chi connectivity index (χ4v) is 1.68. The van der Waals surface area contributed by atoms with Crippen molar-refractivity contribution in [2.24, 2.45) is 11.8 Å². The summed E-state index contributed by atoms with van der Waals surface area (Å²) in [7, 11) is 0. The van der Waals surface area contributed by atoms with Gasteiger partial charge in [0.2, 0.25) is 5.91 Å². The minimum Gasteiger partial charge on any atom is -0.339 e. The maximum absolute atomic E-state index is 11.9. The molecule has 2 nitrogen and oxygen atoms in total. The van der Waals surface area contributed by atoms with Crippen LogP contribution in [0.15, 0.2) is 0 Å². The largest absolute Gasteiger partial charge is 0.339 e. The van der Waals surface area contributed by atoms with Gasteiger partial charge in [0.05, 0.1) is 0 Å². The van der Waals surface area contributed by atoms with Gasteiger partial charge in [0, 0.05) is 24.4 Å². The molecule has 0 aliphatic heterocycles. The fraction of sp³-hybridized carbons (Fsp3) is 0.909. The minimum absolute atomic E-state index is 0.0315. The standard InChI is InChI=1S/C11H20ClNO/c1-8(2)7-13(10-4-5-10)11(14)9(3)6-12/h8-10H,4-7H2,1-3H3. The Balaban J connectivity index is 2.53. The lowest BCUT2D eigenvalue weighted by atomic mass is 10.1. The molecular formula is C11H20ClNO. The molecule has 0 spiro atoms. The van der Waals surface area contributed by atoms with Crippen LogP contribution in [0.1, 0.15) is 33.6 Å². The van der Waals surface area contributed by atoms with Crippen LogP contribution >= 0.6 is 11.6 Å². The van der Waals surface area contributed by atoms with Gasteiger partial charge in [-0.15, -0.1) is 11.6 Å². The molecule has 1 saturated carbocycles. The third-order valence-corrected chi connectivity index (χ3v) is 2.95. The van der Waals surface area contributed by atoms with Crippen molar-refractivity contribution in [3.8, 4) is 0 Å². The number of hydrogen-bond acceptors (Lipinski definition) is 1. The molecule has 3 heteroatoms. The summed E-state index contributed by atoms with van der Waals surface area (Å²) in [5, 5.41) is 0. The second-order valence-electron chi connectivity index (χ2n) is 4.67. The summed E-state index contributed by atoms with van der Waals surface area (Å²) in [4.78, 5) is 14.0. The van der Waals surface area contributed by atoms with Crippen LogP contribution in [-0.4, -0.2) is 29.3 Å². The highest BCUT2D eigenvalue weighted by molar-refractivity contribution is 6.19. The highest BCUT2D eigenvalue weighted by Crippen LogP contribution is 2.29. The Morgan fingerprint density at radius 1 is 1.43 bits per heavy atom. The van der Waals surface area contributed by atoms with Crippen molar-refractivity contribution in [3.05, 3.63) is 0 Å². The number of halogens is 1.